The molecule has 0 saturated carbocycles. The maximum atomic E-state index is 14.5. The van der Waals surface area contributed by atoms with Gasteiger partial charge in [-0.15, -0.1) is 0 Å². The van der Waals surface area contributed by atoms with Gasteiger partial charge in [0.1, 0.15) is 33.0 Å². The van der Waals surface area contributed by atoms with Gasteiger partial charge in [0, 0.05) is 23.5 Å². The van der Waals surface area contributed by atoms with E-state index in [0.29, 0.717) is 26.7 Å². The van der Waals surface area contributed by atoms with Crippen molar-refractivity contribution in [2.24, 2.45) is 5.92 Å². The van der Waals surface area contributed by atoms with Gasteiger partial charge in [0.25, 0.3) is 5.56 Å². The molecule has 3 heterocycles. The minimum Gasteiger partial charge on any atom is -0.496 e. The first-order valence-electron chi connectivity index (χ1n) is 13.7. The number of carbonyl (C=O) groups is 1. The zero-order chi connectivity index (χ0) is 31.5. The van der Waals surface area contributed by atoms with E-state index in [1.54, 1.807) is 30.1 Å². The van der Waals surface area contributed by atoms with E-state index >= 15 is 0 Å². The molecule has 0 amide bonds. The second-order valence-electron chi connectivity index (χ2n) is 10.9. The molecule has 0 N–H and O–H groups in total. The lowest BCUT2D eigenvalue weighted by Crippen LogP contribution is -2.53. The first kappa shape index (κ1) is 31.7. The Morgan fingerprint density at radius 1 is 1.26 bits per heavy atom. The normalized spacial score (nSPS) is 12.4. The van der Waals surface area contributed by atoms with Crippen molar-refractivity contribution in [2.75, 3.05) is 20.3 Å². The second kappa shape index (κ2) is 12.9. The van der Waals surface area contributed by atoms with E-state index in [9.17, 15) is 18.8 Å². The summed E-state index contributed by atoms with van der Waals surface area (Å²) >= 11 is 1.18. The van der Waals surface area contributed by atoms with Crippen LogP contribution in [0.2, 0.25) is 0 Å². The Labute approximate surface area is 251 Å². The third-order valence-electron chi connectivity index (χ3n) is 6.93. The van der Waals surface area contributed by atoms with Crippen LogP contribution in [0.1, 0.15) is 51.3 Å². The first-order chi connectivity index (χ1) is 20.4. The van der Waals surface area contributed by atoms with Gasteiger partial charge >= 0.3 is 11.7 Å². The Morgan fingerprint density at radius 2 is 2.00 bits per heavy atom. The third-order valence-corrected chi connectivity index (χ3v) is 8.23. The number of hydrogen-bond acceptors (Lipinski definition) is 9. The van der Waals surface area contributed by atoms with Crippen LogP contribution in [0.4, 0.5) is 4.39 Å². The smallest absolute Gasteiger partial charge is 0.333 e. The monoisotopic (exact) mass is 611 g/mol. The van der Waals surface area contributed by atoms with Crippen LogP contribution in [-0.4, -0.2) is 45.2 Å². The number of nitrogens with zero attached hydrogens (tertiary/aromatic N) is 5. The summed E-state index contributed by atoms with van der Waals surface area (Å²) in [6.45, 7) is 8.35. The third kappa shape index (κ3) is 6.25. The highest BCUT2D eigenvalue weighted by Gasteiger charge is 2.37. The number of nitriles is 1. The number of halogens is 1. The van der Waals surface area contributed by atoms with Crippen molar-refractivity contribution in [2.45, 2.75) is 59.2 Å². The second-order valence-corrected chi connectivity index (χ2v) is 11.9. The number of aryl methyl sites for hydroxylation is 1. The molecule has 13 heteroatoms. The van der Waals surface area contributed by atoms with E-state index < -0.39 is 34.7 Å². The van der Waals surface area contributed by atoms with Crippen LogP contribution in [0.15, 0.2) is 46.2 Å². The molecule has 11 nitrogen and oxygen atoms in total. The van der Waals surface area contributed by atoms with Gasteiger partial charge in [0.2, 0.25) is 0 Å². The minimum atomic E-state index is -1.67. The maximum absolute atomic E-state index is 14.5. The minimum absolute atomic E-state index is 0.00655. The van der Waals surface area contributed by atoms with Crippen LogP contribution in [0.3, 0.4) is 0 Å². The van der Waals surface area contributed by atoms with Crippen molar-refractivity contribution in [3.63, 3.8) is 0 Å². The summed E-state index contributed by atoms with van der Waals surface area (Å²) < 4.78 is 35.3. The molecule has 0 aliphatic heterocycles. The highest BCUT2D eigenvalue weighted by atomic mass is 32.1. The molecule has 1 aromatic carbocycles. The molecule has 3 aromatic heterocycles. The van der Waals surface area contributed by atoms with Gasteiger partial charge in [-0.25, -0.2) is 23.2 Å². The highest BCUT2D eigenvalue weighted by Crippen LogP contribution is 2.34. The summed E-state index contributed by atoms with van der Waals surface area (Å²) in [4.78, 5) is 42.0. The first-order valence-corrected chi connectivity index (χ1v) is 14.5. The van der Waals surface area contributed by atoms with Crippen molar-refractivity contribution in [3.05, 3.63) is 74.4 Å². The molecule has 0 radical (unpaired) electrons. The number of aromatic nitrogens is 4. The van der Waals surface area contributed by atoms with E-state index in [1.165, 1.54) is 55.1 Å². The Bertz CT molecular complexity index is 1780. The summed E-state index contributed by atoms with van der Waals surface area (Å²) in [5.41, 5.74) is -2.23. The number of hydrogen-bond donors (Lipinski definition) is 0. The summed E-state index contributed by atoms with van der Waals surface area (Å²) in [5, 5.41) is 14.2. The lowest BCUT2D eigenvalue weighted by Gasteiger charge is -2.27. The molecule has 0 unspecified atom stereocenters. The molecule has 1 atom stereocenters. The Morgan fingerprint density at radius 3 is 2.63 bits per heavy atom. The molecule has 43 heavy (non-hydrogen) atoms. The van der Waals surface area contributed by atoms with Gasteiger partial charge in [-0.3, -0.25) is 9.36 Å². The van der Waals surface area contributed by atoms with Crippen LogP contribution in [0.5, 0.6) is 5.75 Å². The number of carbonyl (C=O) groups excluding carboxylic acids is 1. The molecule has 4 aromatic rings. The number of esters is 1. The van der Waals surface area contributed by atoms with Crippen LogP contribution in [0, 0.1) is 30.0 Å². The quantitative estimate of drug-likeness (QED) is 0.169. The van der Waals surface area contributed by atoms with Gasteiger partial charge in [0.05, 0.1) is 44.7 Å². The molecule has 0 aliphatic rings. The van der Waals surface area contributed by atoms with Crippen molar-refractivity contribution >= 4 is 27.5 Å². The topological polar surface area (TPSA) is 130 Å². The fraction of sp³-hybridized carbons (Fsp3) is 0.433. The van der Waals surface area contributed by atoms with Crippen LogP contribution < -0.4 is 16.0 Å². The molecule has 0 spiro atoms. The lowest BCUT2D eigenvalue weighted by molar-refractivity contribution is -0.154. The van der Waals surface area contributed by atoms with Crippen LogP contribution >= 0.6 is 11.3 Å². The molecule has 228 valence electrons. The standard InChI is InChI=1S/C30H34FN5O6S/c1-18(2)17-42-28(38)30(4,5)36-25(37)24-19(3)26(35-13-8-12-33-35)43-27(24)34(29(36)39)16-23(41-14-7-11-32)21-15-20(31)9-10-22(21)40-6/h8-10,12-13,15,18,23H,7,14,16-17H2,1-6H3/t23-/m0/s1. The summed E-state index contributed by atoms with van der Waals surface area (Å²) in [6, 6.07) is 7.68. The van der Waals surface area contributed by atoms with Gasteiger partial charge in [-0.1, -0.05) is 25.2 Å². The number of thiophene rings is 1. The molecular formula is C30H34FN5O6S. The number of methoxy groups -OCH3 is 1. The largest absolute Gasteiger partial charge is 0.496 e. The van der Waals surface area contributed by atoms with Gasteiger partial charge in [-0.2, -0.15) is 10.4 Å². The molecule has 0 aliphatic carbocycles. The average molecular weight is 612 g/mol. The SMILES string of the molecule is COc1ccc(F)cc1[C@H](Cn1c(=O)n(C(C)(C)C(=O)OCC(C)C)c(=O)c2c(C)c(-n3cccn3)sc21)OCCC#N. The van der Waals surface area contributed by atoms with E-state index in [-0.39, 0.29) is 37.5 Å². The average Bonchev–Trinajstić information content (AvgIpc) is 3.61. The van der Waals surface area contributed by atoms with Gasteiger partial charge < -0.3 is 14.2 Å². The number of benzene rings is 1. The van der Waals surface area contributed by atoms with E-state index in [2.05, 4.69) is 5.10 Å². The predicted molar refractivity (Wildman–Crippen MR) is 159 cm³/mol. The zero-order valence-electron chi connectivity index (χ0n) is 24.9. The van der Waals surface area contributed by atoms with Gasteiger partial charge in [-0.05, 0) is 51.0 Å². The highest BCUT2D eigenvalue weighted by molar-refractivity contribution is 7.21. The Hall–Kier alpha value is -4.28. The van der Waals surface area contributed by atoms with Crippen LogP contribution in [0.25, 0.3) is 15.2 Å². The van der Waals surface area contributed by atoms with Crippen molar-refractivity contribution in [3.8, 4) is 16.8 Å². The summed E-state index contributed by atoms with van der Waals surface area (Å²) in [5.74, 6) is -0.925. The maximum Gasteiger partial charge on any atom is 0.333 e. The molecule has 0 fully saturated rings. The number of rotatable bonds is 12. The number of ether oxygens (including phenoxy) is 3. The van der Waals surface area contributed by atoms with Gasteiger partial charge in [0.15, 0.2) is 0 Å². The fourth-order valence-electron chi connectivity index (χ4n) is 4.72. The predicted octanol–water partition coefficient (Wildman–Crippen LogP) is 4.47. The van der Waals surface area contributed by atoms with E-state index in [0.717, 1.165) is 4.57 Å². The molecular weight excluding hydrogens is 577 g/mol. The van der Waals surface area contributed by atoms with Crippen molar-refractivity contribution in [1.29, 1.82) is 5.26 Å². The van der Waals surface area contributed by atoms with Crippen LogP contribution in [-0.2, 0) is 26.4 Å². The molecule has 0 bridgehead atoms. The van der Waals surface area contributed by atoms with Crippen molar-refractivity contribution in [1.82, 2.24) is 18.9 Å². The number of fused-ring (bicyclic) bond motifs is 1. The van der Waals surface area contributed by atoms with E-state index in [4.69, 9.17) is 19.5 Å². The lowest BCUT2D eigenvalue weighted by atomic mass is 10.0. The molecule has 4 rings (SSSR count). The zero-order valence-corrected chi connectivity index (χ0v) is 25.7. The van der Waals surface area contributed by atoms with Crippen molar-refractivity contribution < 1.29 is 23.4 Å². The van der Waals surface area contributed by atoms with E-state index in [1.807, 2.05) is 19.9 Å². The Kier molecular flexibility index (Phi) is 9.52. The summed E-state index contributed by atoms with van der Waals surface area (Å²) in [7, 11) is 1.43. The Balaban J connectivity index is 2.00. The fourth-order valence-corrected chi connectivity index (χ4v) is 5.96. The summed E-state index contributed by atoms with van der Waals surface area (Å²) in [6.07, 6.45) is 2.40. The molecule has 0 saturated heterocycles.